The van der Waals surface area contributed by atoms with Crippen LogP contribution in [0.3, 0.4) is 0 Å². The SMILES string of the molecule is Cc1cc(C)nc(Sc2nc3ccccn3c2C=O)c1. The normalized spacial score (nSPS) is 10.9. The Kier molecular flexibility index (Phi) is 3.28. The van der Waals surface area contributed by atoms with E-state index in [4.69, 9.17) is 0 Å². The quantitative estimate of drug-likeness (QED) is 0.692. The van der Waals surface area contributed by atoms with Crippen molar-refractivity contribution in [2.24, 2.45) is 0 Å². The molecule has 0 saturated carbocycles. The van der Waals surface area contributed by atoms with Crippen LogP contribution in [-0.4, -0.2) is 20.7 Å². The van der Waals surface area contributed by atoms with E-state index >= 15 is 0 Å². The van der Waals surface area contributed by atoms with Crippen LogP contribution in [0.1, 0.15) is 21.7 Å². The minimum Gasteiger partial charge on any atom is -0.296 e. The van der Waals surface area contributed by atoms with E-state index < -0.39 is 0 Å². The third-order valence-electron chi connectivity index (χ3n) is 2.92. The van der Waals surface area contributed by atoms with Gasteiger partial charge >= 0.3 is 0 Å². The van der Waals surface area contributed by atoms with Crippen LogP contribution < -0.4 is 0 Å². The predicted molar refractivity (Wildman–Crippen MR) is 78.4 cm³/mol. The minimum absolute atomic E-state index is 0.562. The Balaban J connectivity index is 2.08. The Morgan fingerprint density at radius 3 is 2.80 bits per heavy atom. The molecule has 0 fully saturated rings. The van der Waals surface area contributed by atoms with Gasteiger partial charge in [-0.1, -0.05) is 6.07 Å². The minimum atomic E-state index is 0.562. The second kappa shape index (κ2) is 5.09. The lowest BCUT2D eigenvalue weighted by molar-refractivity contribution is 0.111. The summed E-state index contributed by atoms with van der Waals surface area (Å²) >= 11 is 1.42. The van der Waals surface area contributed by atoms with Gasteiger partial charge in [-0.15, -0.1) is 0 Å². The van der Waals surface area contributed by atoms with E-state index in [0.29, 0.717) is 10.7 Å². The summed E-state index contributed by atoms with van der Waals surface area (Å²) < 4.78 is 1.79. The summed E-state index contributed by atoms with van der Waals surface area (Å²) in [7, 11) is 0. The van der Waals surface area contributed by atoms with Crippen LogP contribution in [0, 0.1) is 13.8 Å². The molecule has 0 aromatic carbocycles. The third kappa shape index (κ3) is 2.32. The first-order valence-electron chi connectivity index (χ1n) is 6.23. The lowest BCUT2D eigenvalue weighted by atomic mass is 10.3. The van der Waals surface area contributed by atoms with Crippen LogP contribution in [0.25, 0.3) is 5.65 Å². The van der Waals surface area contributed by atoms with E-state index in [2.05, 4.69) is 9.97 Å². The number of fused-ring (bicyclic) bond motifs is 1. The predicted octanol–water partition coefficient (Wildman–Crippen LogP) is 3.31. The first-order chi connectivity index (χ1) is 9.67. The van der Waals surface area contributed by atoms with Crippen LogP contribution >= 0.6 is 11.8 Å². The number of aryl methyl sites for hydroxylation is 2. The van der Waals surface area contributed by atoms with E-state index in [1.807, 2.05) is 50.4 Å². The van der Waals surface area contributed by atoms with Crippen molar-refractivity contribution in [2.75, 3.05) is 0 Å². The highest BCUT2D eigenvalue weighted by molar-refractivity contribution is 7.99. The number of aromatic nitrogens is 3. The van der Waals surface area contributed by atoms with Crippen LogP contribution in [0.15, 0.2) is 46.6 Å². The molecular weight excluding hydrogens is 270 g/mol. The molecule has 3 aromatic rings. The molecule has 0 N–H and O–H groups in total. The highest BCUT2D eigenvalue weighted by atomic mass is 32.2. The lowest BCUT2D eigenvalue weighted by Crippen LogP contribution is -1.92. The second-order valence-electron chi connectivity index (χ2n) is 4.58. The van der Waals surface area contributed by atoms with Crippen molar-refractivity contribution < 1.29 is 4.79 Å². The molecule has 4 nitrogen and oxygen atoms in total. The average molecular weight is 283 g/mol. The van der Waals surface area contributed by atoms with Gasteiger partial charge in [0.15, 0.2) is 6.29 Å². The van der Waals surface area contributed by atoms with Gasteiger partial charge in [0.05, 0.1) is 0 Å². The molecule has 0 atom stereocenters. The molecule has 0 aliphatic rings. The number of hydrogen-bond acceptors (Lipinski definition) is 4. The Hall–Kier alpha value is -2.14. The number of imidazole rings is 1. The number of hydrogen-bond donors (Lipinski definition) is 0. The first kappa shape index (κ1) is 12.9. The van der Waals surface area contributed by atoms with Crippen molar-refractivity contribution in [3.8, 4) is 0 Å². The summed E-state index contributed by atoms with van der Waals surface area (Å²) in [6, 6.07) is 9.68. The summed E-state index contributed by atoms with van der Waals surface area (Å²) in [5.41, 5.74) is 3.44. The molecular formula is C15H13N3OS. The fourth-order valence-electron chi connectivity index (χ4n) is 2.13. The number of carbonyl (C=O) groups excluding carboxylic acids is 1. The van der Waals surface area contributed by atoms with Crippen molar-refractivity contribution in [3.05, 3.63) is 53.5 Å². The van der Waals surface area contributed by atoms with E-state index in [0.717, 1.165) is 28.2 Å². The molecule has 3 heterocycles. The van der Waals surface area contributed by atoms with Gasteiger partial charge < -0.3 is 0 Å². The largest absolute Gasteiger partial charge is 0.296 e. The van der Waals surface area contributed by atoms with Gasteiger partial charge in [-0.3, -0.25) is 9.20 Å². The van der Waals surface area contributed by atoms with Crippen molar-refractivity contribution >= 4 is 23.7 Å². The molecule has 0 amide bonds. The standard InChI is InChI=1S/C15H13N3OS/c1-10-7-11(2)16-14(8-10)20-15-12(9-19)18-6-4-3-5-13(18)17-15/h3-9H,1-2H3. The Bertz CT molecular complexity index is 775. The maximum Gasteiger partial charge on any atom is 0.169 e. The zero-order valence-electron chi connectivity index (χ0n) is 11.2. The number of aldehydes is 1. The van der Waals surface area contributed by atoms with E-state index in [9.17, 15) is 4.79 Å². The molecule has 0 radical (unpaired) electrons. The fraction of sp³-hybridized carbons (Fsp3) is 0.133. The van der Waals surface area contributed by atoms with Gasteiger partial charge in [0, 0.05) is 11.9 Å². The maximum atomic E-state index is 11.3. The molecule has 0 bridgehead atoms. The summed E-state index contributed by atoms with van der Waals surface area (Å²) in [5, 5.41) is 1.54. The highest BCUT2D eigenvalue weighted by Crippen LogP contribution is 2.29. The van der Waals surface area contributed by atoms with Crippen LogP contribution in [0.2, 0.25) is 0 Å². The Morgan fingerprint density at radius 2 is 2.05 bits per heavy atom. The van der Waals surface area contributed by atoms with Crippen molar-refractivity contribution in [3.63, 3.8) is 0 Å². The van der Waals surface area contributed by atoms with Crippen molar-refractivity contribution in [1.29, 1.82) is 0 Å². The number of nitrogens with zero attached hydrogens (tertiary/aromatic N) is 3. The fourth-order valence-corrected chi connectivity index (χ4v) is 3.15. The topological polar surface area (TPSA) is 47.3 Å². The Labute approximate surface area is 120 Å². The molecule has 20 heavy (non-hydrogen) atoms. The molecule has 0 unspecified atom stereocenters. The molecule has 100 valence electrons. The average Bonchev–Trinajstić information content (AvgIpc) is 2.74. The number of rotatable bonds is 3. The molecule has 3 aromatic heterocycles. The van der Waals surface area contributed by atoms with Gasteiger partial charge in [0.1, 0.15) is 21.4 Å². The highest BCUT2D eigenvalue weighted by Gasteiger charge is 2.13. The van der Waals surface area contributed by atoms with Crippen LogP contribution in [0.4, 0.5) is 0 Å². The van der Waals surface area contributed by atoms with E-state index in [1.165, 1.54) is 11.8 Å². The summed E-state index contributed by atoms with van der Waals surface area (Å²) in [6.45, 7) is 3.99. The monoisotopic (exact) mass is 283 g/mol. The molecule has 5 heteroatoms. The van der Waals surface area contributed by atoms with Gasteiger partial charge in [0.2, 0.25) is 0 Å². The molecule has 0 aliphatic heterocycles. The number of pyridine rings is 2. The van der Waals surface area contributed by atoms with Gasteiger partial charge in [-0.05, 0) is 55.4 Å². The third-order valence-corrected chi connectivity index (χ3v) is 3.83. The molecule has 0 spiro atoms. The molecule has 3 rings (SSSR count). The van der Waals surface area contributed by atoms with Crippen molar-refractivity contribution in [2.45, 2.75) is 23.9 Å². The van der Waals surface area contributed by atoms with Crippen molar-refractivity contribution in [1.82, 2.24) is 14.4 Å². The Morgan fingerprint density at radius 1 is 1.20 bits per heavy atom. The zero-order chi connectivity index (χ0) is 14.1. The first-order valence-corrected chi connectivity index (χ1v) is 7.04. The number of carbonyl (C=O) groups is 1. The molecule has 0 saturated heterocycles. The zero-order valence-corrected chi connectivity index (χ0v) is 12.0. The smallest absolute Gasteiger partial charge is 0.169 e. The summed E-state index contributed by atoms with van der Waals surface area (Å²) in [4.78, 5) is 20.3. The lowest BCUT2D eigenvalue weighted by Gasteiger charge is -2.02. The van der Waals surface area contributed by atoms with E-state index in [1.54, 1.807) is 4.40 Å². The van der Waals surface area contributed by atoms with Gasteiger partial charge in [-0.25, -0.2) is 9.97 Å². The van der Waals surface area contributed by atoms with Crippen LogP contribution in [-0.2, 0) is 0 Å². The van der Waals surface area contributed by atoms with E-state index in [-0.39, 0.29) is 0 Å². The van der Waals surface area contributed by atoms with Crippen LogP contribution in [0.5, 0.6) is 0 Å². The second-order valence-corrected chi connectivity index (χ2v) is 5.58. The van der Waals surface area contributed by atoms with Gasteiger partial charge in [-0.2, -0.15) is 0 Å². The maximum absolute atomic E-state index is 11.3. The summed E-state index contributed by atoms with van der Waals surface area (Å²) in [5.74, 6) is 0. The molecule has 0 aliphatic carbocycles. The summed E-state index contributed by atoms with van der Waals surface area (Å²) in [6.07, 6.45) is 2.68. The van der Waals surface area contributed by atoms with Gasteiger partial charge in [0.25, 0.3) is 0 Å².